The Morgan fingerprint density at radius 1 is 1.19 bits per heavy atom. The molecule has 0 aromatic heterocycles. The molecule has 1 fully saturated rings. The van der Waals surface area contributed by atoms with Gasteiger partial charge < -0.3 is 0 Å². The highest BCUT2D eigenvalue weighted by Gasteiger charge is 2.39. The SMILES string of the molecule is CC(=O)[C@H](Cc1ccc(Cl)c(Cl)c1)N1CCN(S(=O)(=O)c2ccccc2[N+](=O)[O-])[C@@H](C)C1. The monoisotopic (exact) mass is 499 g/mol. The lowest BCUT2D eigenvalue weighted by Gasteiger charge is -2.41. The van der Waals surface area contributed by atoms with Gasteiger partial charge in [0.25, 0.3) is 5.69 Å². The molecule has 0 radical (unpaired) electrons. The fraction of sp³-hybridized carbons (Fsp3) is 0.381. The summed E-state index contributed by atoms with van der Waals surface area (Å²) in [6, 6.07) is 9.59. The molecule has 1 aliphatic heterocycles. The summed E-state index contributed by atoms with van der Waals surface area (Å²) in [5, 5.41) is 12.2. The zero-order chi connectivity index (χ0) is 23.6. The van der Waals surface area contributed by atoms with Crippen LogP contribution in [0.25, 0.3) is 0 Å². The maximum absolute atomic E-state index is 13.2. The molecular weight excluding hydrogens is 477 g/mol. The van der Waals surface area contributed by atoms with Crippen LogP contribution in [0.4, 0.5) is 5.69 Å². The van der Waals surface area contributed by atoms with Crippen molar-refractivity contribution in [3.05, 3.63) is 68.2 Å². The number of Topliss-reactive ketones (excluding diaryl/α,β-unsaturated/α-hetero) is 1. The number of benzene rings is 2. The molecule has 0 aliphatic carbocycles. The number of rotatable bonds is 7. The smallest absolute Gasteiger partial charge is 0.289 e. The Morgan fingerprint density at radius 2 is 1.88 bits per heavy atom. The summed E-state index contributed by atoms with van der Waals surface area (Å²) < 4.78 is 27.7. The van der Waals surface area contributed by atoms with Crippen molar-refractivity contribution < 1.29 is 18.1 Å². The number of halogens is 2. The Hall–Kier alpha value is -2.04. The lowest BCUT2D eigenvalue weighted by atomic mass is 10.00. The highest BCUT2D eigenvalue weighted by Crippen LogP contribution is 2.30. The molecule has 0 amide bonds. The van der Waals surface area contributed by atoms with Crippen LogP contribution < -0.4 is 0 Å². The lowest BCUT2D eigenvalue weighted by molar-refractivity contribution is -0.387. The highest BCUT2D eigenvalue weighted by atomic mass is 35.5. The third-order valence-corrected chi connectivity index (χ3v) is 8.37. The van der Waals surface area contributed by atoms with Crippen molar-refractivity contribution in [2.24, 2.45) is 0 Å². The van der Waals surface area contributed by atoms with Crippen molar-refractivity contribution in [2.45, 2.75) is 37.2 Å². The fourth-order valence-electron chi connectivity index (χ4n) is 3.98. The Labute approximate surface area is 196 Å². The summed E-state index contributed by atoms with van der Waals surface area (Å²) in [5.41, 5.74) is 0.394. The molecule has 2 atom stereocenters. The van der Waals surface area contributed by atoms with Crippen LogP contribution in [0.15, 0.2) is 47.4 Å². The molecule has 32 heavy (non-hydrogen) atoms. The van der Waals surface area contributed by atoms with Gasteiger partial charge in [0.05, 0.1) is 21.0 Å². The molecule has 1 aliphatic rings. The standard InChI is InChI=1S/C21H23Cl2N3O5S/c1-14-13-24(20(15(2)27)12-16-7-8-17(22)18(23)11-16)9-10-25(14)32(30,31)21-6-4-3-5-19(21)26(28)29/h3-8,11,14,20H,9-10,12-13H2,1-2H3/t14-,20-/m0/s1. The van der Waals surface area contributed by atoms with Gasteiger partial charge in [0.2, 0.25) is 10.0 Å². The number of nitrogens with zero attached hydrogens (tertiary/aromatic N) is 3. The Kier molecular flexibility index (Phi) is 7.57. The molecule has 11 heteroatoms. The van der Waals surface area contributed by atoms with E-state index in [4.69, 9.17) is 23.2 Å². The van der Waals surface area contributed by atoms with Gasteiger partial charge in [-0.3, -0.25) is 19.8 Å². The summed E-state index contributed by atoms with van der Waals surface area (Å²) >= 11 is 12.1. The van der Waals surface area contributed by atoms with Gasteiger partial charge in [0.1, 0.15) is 5.78 Å². The number of nitro benzene ring substituents is 1. The first-order valence-corrected chi connectivity index (χ1v) is 12.2. The molecule has 0 N–H and O–H groups in total. The number of carbonyl (C=O) groups excluding carboxylic acids is 1. The first kappa shape index (κ1) is 24.6. The number of carbonyl (C=O) groups is 1. The molecule has 0 bridgehead atoms. The van der Waals surface area contributed by atoms with Gasteiger partial charge in [-0.05, 0) is 44.0 Å². The van der Waals surface area contributed by atoms with Crippen LogP contribution >= 0.6 is 23.2 Å². The lowest BCUT2D eigenvalue weighted by Crippen LogP contribution is -2.58. The third-order valence-electron chi connectivity index (χ3n) is 5.57. The van der Waals surface area contributed by atoms with E-state index in [0.717, 1.165) is 5.56 Å². The average molecular weight is 500 g/mol. The second-order valence-electron chi connectivity index (χ2n) is 7.76. The summed E-state index contributed by atoms with van der Waals surface area (Å²) in [6.07, 6.45) is 0.413. The van der Waals surface area contributed by atoms with Gasteiger partial charge in [0.15, 0.2) is 4.90 Å². The second-order valence-corrected chi connectivity index (χ2v) is 10.4. The zero-order valence-corrected chi connectivity index (χ0v) is 19.9. The van der Waals surface area contributed by atoms with Crippen molar-refractivity contribution in [1.82, 2.24) is 9.21 Å². The molecular formula is C21H23Cl2N3O5S. The van der Waals surface area contributed by atoms with Crippen molar-refractivity contribution in [3.63, 3.8) is 0 Å². The molecule has 0 spiro atoms. The Morgan fingerprint density at radius 3 is 2.47 bits per heavy atom. The molecule has 2 aromatic rings. The summed E-state index contributed by atoms with van der Waals surface area (Å²) in [7, 11) is -4.08. The van der Waals surface area contributed by atoms with E-state index >= 15 is 0 Å². The number of ketones is 1. The van der Waals surface area contributed by atoms with Gasteiger partial charge in [-0.1, -0.05) is 41.4 Å². The molecule has 8 nitrogen and oxygen atoms in total. The molecule has 0 saturated carbocycles. The van der Waals surface area contributed by atoms with E-state index in [2.05, 4.69) is 0 Å². The second kappa shape index (κ2) is 9.84. The van der Waals surface area contributed by atoms with Crippen LogP contribution in [-0.2, 0) is 21.2 Å². The van der Waals surface area contributed by atoms with E-state index in [-0.39, 0.29) is 17.2 Å². The number of nitro groups is 1. The van der Waals surface area contributed by atoms with Crippen LogP contribution in [0.5, 0.6) is 0 Å². The molecule has 1 saturated heterocycles. The minimum absolute atomic E-state index is 0.0433. The van der Waals surface area contributed by atoms with Crippen LogP contribution in [-0.4, -0.2) is 60.0 Å². The molecule has 0 unspecified atom stereocenters. The van der Waals surface area contributed by atoms with Crippen LogP contribution in [0.3, 0.4) is 0 Å². The van der Waals surface area contributed by atoms with Crippen molar-refractivity contribution >= 4 is 44.7 Å². The summed E-state index contributed by atoms with van der Waals surface area (Å²) in [6.45, 7) is 3.97. The molecule has 2 aromatic carbocycles. The van der Waals surface area contributed by atoms with Crippen molar-refractivity contribution in [2.75, 3.05) is 19.6 Å². The van der Waals surface area contributed by atoms with Gasteiger partial charge >= 0.3 is 0 Å². The Balaban J connectivity index is 1.80. The maximum Gasteiger partial charge on any atom is 0.289 e. The van der Waals surface area contributed by atoms with E-state index in [0.29, 0.717) is 29.6 Å². The number of hydrogen-bond acceptors (Lipinski definition) is 6. The molecule has 172 valence electrons. The van der Waals surface area contributed by atoms with Gasteiger partial charge in [-0.15, -0.1) is 0 Å². The van der Waals surface area contributed by atoms with Crippen molar-refractivity contribution in [1.29, 1.82) is 0 Å². The minimum Gasteiger partial charge on any atom is -0.298 e. The van der Waals surface area contributed by atoms with E-state index < -0.39 is 32.7 Å². The van der Waals surface area contributed by atoms with Crippen molar-refractivity contribution in [3.8, 4) is 0 Å². The predicted molar refractivity (Wildman–Crippen MR) is 123 cm³/mol. The Bertz CT molecular complexity index is 1140. The van der Waals surface area contributed by atoms with Crippen LogP contribution in [0.1, 0.15) is 19.4 Å². The van der Waals surface area contributed by atoms with Gasteiger partial charge in [-0.25, -0.2) is 8.42 Å². The zero-order valence-electron chi connectivity index (χ0n) is 17.6. The topological polar surface area (TPSA) is 101 Å². The number of hydrogen-bond donors (Lipinski definition) is 0. The van der Waals surface area contributed by atoms with E-state index in [1.54, 1.807) is 19.1 Å². The highest BCUT2D eigenvalue weighted by molar-refractivity contribution is 7.89. The third kappa shape index (κ3) is 5.13. The summed E-state index contributed by atoms with van der Waals surface area (Å²) in [4.78, 5) is 24.7. The van der Waals surface area contributed by atoms with Crippen LogP contribution in [0.2, 0.25) is 10.0 Å². The summed E-state index contributed by atoms with van der Waals surface area (Å²) in [5.74, 6) is -0.0433. The molecule has 1 heterocycles. The largest absolute Gasteiger partial charge is 0.298 e. The molecule has 3 rings (SSSR count). The van der Waals surface area contributed by atoms with Gasteiger partial charge in [-0.2, -0.15) is 4.31 Å². The first-order chi connectivity index (χ1) is 15.0. The van der Waals surface area contributed by atoms with E-state index in [9.17, 15) is 23.3 Å². The number of sulfonamides is 1. The van der Waals surface area contributed by atoms with Crippen LogP contribution in [0, 0.1) is 10.1 Å². The van der Waals surface area contributed by atoms with E-state index in [1.165, 1.54) is 35.5 Å². The first-order valence-electron chi connectivity index (χ1n) is 9.96. The normalized spacial score (nSPS) is 18.9. The number of para-hydroxylation sites is 1. The number of piperazine rings is 1. The minimum atomic E-state index is -4.08. The predicted octanol–water partition coefficient (Wildman–Crippen LogP) is 3.80. The average Bonchev–Trinajstić information content (AvgIpc) is 2.74. The van der Waals surface area contributed by atoms with Gasteiger partial charge in [0, 0.05) is 31.7 Å². The fourth-order valence-corrected chi connectivity index (χ4v) is 6.07. The maximum atomic E-state index is 13.2. The van der Waals surface area contributed by atoms with E-state index in [1.807, 2.05) is 11.0 Å². The quantitative estimate of drug-likeness (QED) is 0.424.